The summed E-state index contributed by atoms with van der Waals surface area (Å²) in [6.45, 7) is 2.22. The van der Waals surface area contributed by atoms with E-state index in [0.717, 1.165) is 39.5 Å². The molecule has 35 heavy (non-hydrogen) atoms. The average molecular weight is 526 g/mol. The number of amides is 1. The number of hydrogen-bond acceptors (Lipinski definition) is 7. The third-order valence-electron chi connectivity index (χ3n) is 5.83. The number of carbonyl (C=O) groups excluding carboxylic acids is 1. The van der Waals surface area contributed by atoms with E-state index in [9.17, 15) is 22.7 Å². The minimum atomic E-state index is -4.41. The zero-order valence-electron chi connectivity index (χ0n) is 19.6. The molecule has 192 valence electrons. The van der Waals surface area contributed by atoms with E-state index in [1.54, 1.807) is 30.3 Å². The molecule has 0 radical (unpaired) electrons. The van der Waals surface area contributed by atoms with E-state index in [-0.39, 0.29) is 4.90 Å². The van der Waals surface area contributed by atoms with Crippen LogP contribution in [0.4, 0.5) is 0 Å². The van der Waals surface area contributed by atoms with Crippen molar-refractivity contribution < 1.29 is 31.9 Å². The Hall–Kier alpha value is -2.27. The van der Waals surface area contributed by atoms with Crippen LogP contribution in [-0.2, 0) is 19.1 Å². The van der Waals surface area contributed by atoms with Gasteiger partial charge in [-0.05, 0) is 74.7 Å². The lowest BCUT2D eigenvalue weighted by Gasteiger charge is -2.23. The summed E-state index contributed by atoms with van der Waals surface area (Å²) >= 11 is 0. The number of nitrogens with one attached hydrogen (secondary N) is 3. The third-order valence-corrected chi connectivity index (χ3v) is 9.11. The lowest BCUT2D eigenvalue weighted by atomic mass is 9.95. The van der Waals surface area contributed by atoms with Gasteiger partial charge in [-0.2, -0.15) is 4.72 Å². The number of rotatable bonds is 12. The van der Waals surface area contributed by atoms with Crippen molar-refractivity contribution in [2.24, 2.45) is 5.92 Å². The highest BCUT2D eigenvalue weighted by Gasteiger charge is 2.35. The van der Waals surface area contributed by atoms with Gasteiger partial charge in [0.2, 0.25) is 10.0 Å². The van der Waals surface area contributed by atoms with Gasteiger partial charge in [-0.25, -0.2) is 8.42 Å². The van der Waals surface area contributed by atoms with E-state index < -0.39 is 35.9 Å². The van der Waals surface area contributed by atoms with Crippen molar-refractivity contribution in [2.45, 2.75) is 29.9 Å². The molecule has 0 spiro atoms. The Morgan fingerprint density at radius 3 is 2.43 bits per heavy atom. The highest BCUT2D eigenvalue weighted by Crippen LogP contribution is 2.45. The zero-order chi connectivity index (χ0) is 25.3. The van der Waals surface area contributed by atoms with Crippen LogP contribution in [0.2, 0.25) is 0 Å². The molecule has 0 saturated carbocycles. The van der Waals surface area contributed by atoms with Crippen LogP contribution in [0.25, 0.3) is 0 Å². The van der Waals surface area contributed by atoms with Crippen LogP contribution >= 0.6 is 7.60 Å². The summed E-state index contributed by atoms with van der Waals surface area (Å²) in [5.74, 6) is -0.822. The van der Waals surface area contributed by atoms with Gasteiger partial charge in [-0.15, -0.1) is 0 Å². The van der Waals surface area contributed by atoms with E-state index in [4.69, 9.17) is 4.74 Å². The number of benzene rings is 2. The van der Waals surface area contributed by atoms with Crippen molar-refractivity contribution in [2.75, 3.05) is 33.4 Å². The fraction of sp³-hybridized carbons (Fsp3) is 0.435. The number of carbonyl (C=O) groups is 1. The number of piperidine rings is 1. The van der Waals surface area contributed by atoms with Crippen molar-refractivity contribution in [3.63, 3.8) is 0 Å². The zero-order valence-corrected chi connectivity index (χ0v) is 21.3. The second-order valence-corrected chi connectivity index (χ2v) is 12.1. The van der Waals surface area contributed by atoms with Gasteiger partial charge in [0.1, 0.15) is 11.5 Å². The van der Waals surface area contributed by atoms with E-state index >= 15 is 0 Å². The van der Waals surface area contributed by atoms with Crippen LogP contribution in [0.3, 0.4) is 0 Å². The SMILES string of the molecule is COP(=O)(O)[C@H](CNC(=O)c1ccc(OCCC2CCNCC2)cc1)NS(=O)(=O)c1ccccc1. The van der Waals surface area contributed by atoms with Gasteiger partial charge in [0.15, 0.2) is 0 Å². The second kappa shape index (κ2) is 12.6. The Kier molecular flexibility index (Phi) is 9.85. The van der Waals surface area contributed by atoms with Gasteiger partial charge < -0.3 is 24.8 Å². The Morgan fingerprint density at radius 2 is 1.80 bits per heavy atom. The van der Waals surface area contributed by atoms with Crippen LogP contribution in [0, 0.1) is 5.92 Å². The molecule has 0 aliphatic carbocycles. The van der Waals surface area contributed by atoms with Crippen LogP contribution in [0.1, 0.15) is 29.6 Å². The van der Waals surface area contributed by atoms with Crippen molar-refractivity contribution in [1.29, 1.82) is 0 Å². The van der Waals surface area contributed by atoms with E-state index in [1.807, 2.05) is 0 Å². The molecule has 1 unspecified atom stereocenters. The fourth-order valence-corrected chi connectivity index (χ4v) is 6.32. The summed E-state index contributed by atoms with van der Waals surface area (Å²) in [5.41, 5.74) is 0.297. The summed E-state index contributed by atoms with van der Waals surface area (Å²) in [4.78, 5) is 22.6. The first-order chi connectivity index (χ1) is 16.7. The predicted molar refractivity (Wildman–Crippen MR) is 132 cm³/mol. The molecular formula is C23H32N3O7PS. The molecule has 12 heteroatoms. The van der Waals surface area contributed by atoms with Crippen LogP contribution in [0.15, 0.2) is 59.5 Å². The maximum Gasteiger partial charge on any atom is 0.347 e. The summed E-state index contributed by atoms with van der Waals surface area (Å²) in [7, 11) is -7.53. The molecule has 10 nitrogen and oxygen atoms in total. The minimum Gasteiger partial charge on any atom is -0.494 e. The molecule has 0 bridgehead atoms. The summed E-state index contributed by atoms with van der Waals surface area (Å²) in [5, 5.41) is 5.83. The molecule has 2 atom stereocenters. The highest BCUT2D eigenvalue weighted by atomic mass is 32.2. The maximum atomic E-state index is 12.6. The normalized spacial score (nSPS) is 17.3. The quantitative estimate of drug-likeness (QED) is 0.309. The molecule has 1 fully saturated rings. The Bertz CT molecular complexity index is 1110. The molecule has 1 amide bonds. The van der Waals surface area contributed by atoms with Crippen molar-refractivity contribution in [1.82, 2.24) is 15.4 Å². The molecule has 0 aromatic heterocycles. The molecule has 2 aromatic rings. The van der Waals surface area contributed by atoms with Crippen LogP contribution in [0.5, 0.6) is 5.75 Å². The molecule has 4 N–H and O–H groups in total. The molecule has 1 heterocycles. The van der Waals surface area contributed by atoms with Crippen LogP contribution < -0.4 is 20.1 Å². The van der Waals surface area contributed by atoms with Crippen molar-refractivity contribution in [3.8, 4) is 5.75 Å². The van der Waals surface area contributed by atoms with Crippen molar-refractivity contribution in [3.05, 3.63) is 60.2 Å². The molecule has 3 rings (SSSR count). The van der Waals surface area contributed by atoms with Crippen LogP contribution in [-0.4, -0.2) is 58.4 Å². The van der Waals surface area contributed by atoms with Gasteiger partial charge in [0.05, 0.1) is 11.5 Å². The lowest BCUT2D eigenvalue weighted by molar-refractivity contribution is 0.0952. The summed E-state index contributed by atoms with van der Waals surface area (Å²) < 4.78 is 50.2. The smallest absolute Gasteiger partial charge is 0.347 e. The van der Waals surface area contributed by atoms with Gasteiger partial charge in [-0.1, -0.05) is 18.2 Å². The molecule has 1 aliphatic heterocycles. The van der Waals surface area contributed by atoms with Gasteiger partial charge in [-0.3, -0.25) is 9.36 Å². The average Bonchev–Trinajstić information content (AvgIpc) is 2.88. The Morgan fingerprint density at radius 1 is 1.14 bits per heavy atom. The van der Waals surface area contributed by atoms with E-state index in [1.165, 1.54) is 24.3 Å². The standard InChI is InChI=1S/C23H32N3O7PS/c1-32-34(28,29)22(26-35(30,31)21-5-3-2-4-6-21)17-25-23(27)19-7-9-20(10-8-19)33-16-13-18-11-14-24-15-12-18/h2-10,18,22,24,26H,11-17H2,1H3,(H,25,27)(H,28,29)/t22-/m1/s1. The minimum absolute atomic E-state index is 0.0804. The predicted octanol–water partition coefficient (Wildman–Crippen LogP) is 2.32. The maximum absolute atomic E-state index is 12.6. The van der Waals surface area contributed by atoms with Gasteiger partial charge >= 0.3 is 7.60 Å². The lowest BCUT2D eigenvalue weighted by Crippen LogP contribution is -2.43. The van der Waals surface area contributed by atoms with E-state index in [0.29, 0.717) is 23.8 Å². The van der Waals surface area contributed by atoms with Gasteiger partial charge in [0, 0.05) is 19.2 Å². The topological polar surface area (TPSA) is 143 Å². The van der Waals surface area contributed by atoms with Gasteiger partial charge in [0.25, 0.3) is 5.91 Å². The monoisotopic (exact) mass is 525 g/mol. The molecule has 1 aliphatic rings. The highest BCUT2D eigenvalue weighted by molar-refractivity contribution is 7.89. The summed E-state index contributed by atoms with van der Waals surface area (Å²) in [6.07, 6.45) is 3.27. The van der Waals surface area contributed by atoms with E-state index in [2.05, 4.69) is 19.9 Å². The third kappa shape index (κ3) is 8.13. The largest absolute Gasteiger partial charge is 0.494 e. The first-order valence-corrected chi connectivity index (χ1v) is 14.5. The number of sulfonamides is 1. The van der Waals surface area contributed by atoms with Crippen molar-refractivity contribution >= 4 is 23.5 Å². The molecule has 2 aromatic carbocycles. The number of ether oxygens (including phenoxy) is 1. The molecule has 1 saturated heterocycles. The Balaban J connectivity index is 1.56. The Labute approximate surface area is 206 Å². The fourth-order valence-electron chi connectivity index (χ4n) is 3.71. The second-order valence-electron chi connectivity index (χ2n) is 8.26. The molecular weight excluding hydrogens is 493 g/mol. The summed E-state index contributed by atoms with van der Waals surface area (Å²) in [6, 6.07) is 13.9. The first kappa shape index (κ1) is 27.3. The number of hydrogen-bond donors (Lipinski definition) is 4. The first-order valence-electron chi connectivity index (χ1n) is 11.4.